The Morgan fingerprint density at radius 1 is 1.43 bits per heavy atom. The van der Waals surface area contributed by atoms with E-state index in [1.807, 2.05) is 13.0 Å². The molecule has 21 heavy (non-hydrogen) atoms. The van der Waals surface area contributed by atoms with Crippen molar-refractivity contribution in [2.45, 2.75) is 25.8 Å². The Morgan fingerprint density at radius 3 is 2.90 bits per heavy atom. The minimum atomic E-state index is -0.348. The summed E-state index contributed by atoms with van der Waals surface area (Å²) in [6.07, 6.45) is 2.03. The lowest BCUT2D eigenvalue weighted by atomic mass is 10.2. The lowest BCUT2D eigenvalue weighted by Gasteiger charge is -2.16. The molecule has 1 unspecified atom stereocenters. The molecule has 0 spiro atoms. The maximum Gasteiger partial charge on any atom is 0.414 e. The highest BCUT2D eigenvalue weighted by molar-refractivity contribution is 5.93. The zero-order valence-electron chi connectivity index (χ0n) is 12.0. The molecule has 6 heteroatoms. The number of hydrogen-bond donors (Lipinski definition) is 2. The summed E-state index contributed by atoms with van der Waals surface area (Å²) < 4.78 is 4.91. The number of nitrogens with one attached hydrogen (secondary N) is 2. The number of anilines is 2. The Labute approximate surface area is 123 Å². The molecule has 0 radical (unpaired) electrons. The first kappa shape index (κ1) is 13.7. The van der Waals surface area contributed by atoms with Gasteiger partial charge in [-0.1, -0.05) is 6.07 Å². The van der Waals surface area contributed by atoms with Gasteiger partial charge in [0.1, 0.15) is 6.61 Å². The predicted molar refractivity (Wildman–Crippen MR) is 79.5 cm³/mol. The number of cyclic esters (lactones) is 1. The molecule has 2 N–H and O–H groups in total. The molecule has 1 aliphatic carbocycles. The van der Waals surface area contributed by atoms with Crippen molar-refractivity contribution in [1.82, 2.24) is 5.32 Å². The van der Waals surface area contributed by atoms with Crippen LogP contribution in [0.15, 0.2) is 24.3 Å². The topological polar surface area (TPSA) is 70.7 Å². The quantitative estimate of drug-likeness (QED) is 0.895. The second-order valence-electron chi connectivity index (χ2n) is 5.54. The van der Waals surface area contributed by atoms with Gasteiger partial charge in [-0.15, -0.1) is 0 Å². The molecule has 1 aromatic carbocycles. The Kier molecular flexibility index (Phi) is 3.68. The summed E-state index contributed by atoms with van der Waals surface area (Å²) in [4.78, 5) is 25.0. The van der Waals surface area contributed by atoms with Gasteiger partial charge >= 0.3 is 12.1 Å². The highest BCUT2D eigenvalue weighted by atomic mass is 16.6. The molecule has 0 bridgehead atoms. The van der Waals surface area contributed by atoms with Crippen LogP contribution in [0.4, 0.5) is 21.0 Å². The van der Waals surface area contributed by atoms with Crippen molar-refractivity contribution in [3.8, 4) is 0 Å². The first-order valence-electron chi connectivity index (χ1n) is 7.25. The highest BCUT2D eigenvalue weighted by Crippen LogP contribution is 2.32. The number of amides is 3. The van der Waals surface area contributed by atoms with Gasteiger partial charge in [0, 0.05) is 17.4 Å². The average Bonchev–Trinajstić information content (AvgIpc) is 3.21. The summed E-state index contributed by atoms with van der Waals surface area (Å²) in [6, 6.07) is 7.18. The molecule has 3 rings (SSSR count). The first-order valence-corrected chi connectivity index (χ1v) is 7.25. The summed E-state index contributed by atoms with van der Waals surface area (Å²) in [6.45, 7) is 2.96. The van der Waals surface area contributed by atoms with Crippen LogP contribution in [0.25, 0.3) is 0 Å². The van der Waals surface area contributed by atoms with Crippen LogP contribution >= 0.6 is 0 Å². The van der Waals surface area contributed by atoms with Gasteiger partial charge in [-0.2, -0.15) is 0 Å². The van der Waals surface area contributed by atoms with Crippen LogP contribution in [0.3, 0.4) is 0 Å². The van der Waals surface area contributed by atoms with Gasteiger partial charge in [0.15, 0.2) is 0 Å². The van der Waals surface area contributed by atoms with Crippen molar-refractivity contribution in [2.75, 3.05) is 23.4 Å². The van der Waals surface area contributed by atoms with Gasteiger partial charge in [-0.25, -0.2) is 9.59 Å². The van der Waals surface area contributed by atoms with Crippen molar-refractivity contribution >= 4 is 23.5 Å². The van der Waals surface area contributed by atoms with Gasteiger partial charge in [-0.3, -0.25) is 4.90 Å². The summed E-state index contributed by atoms with van der Waals surface area (Å²) in [5.74, 6) is 0.612. The largest absolute Gasteiger partial charge is 0.447 e. The monoisotopic (exact) mass is 289 g/mol. The number of rotatable bonds is 4. The van der Waals surface area contributed by atoms with E-state index in [1.165, 1.54) is 12.8 Å². The third-order valence-electron chi connectivity index (χ3n) is 3.86. The van der Waals surface area contributed by atoms with E-state index >= 15 is 0 Å². The van der Waals surface area contributed by atoms with Crippen molar-refractivity contribution < 1.29 is 14.3 Å². The molecular formula is C15H19N3O3. The van der Waals surface area contributed by atoms with E-state index in [-0.39, 0.29) is 18.2 Å². The maximum absolute atomic E-state index is 11.9. The van der Waals surface area contributed by atoms with Crippen molar-refractivity contribution in [3.05, 3.63) is 24.3 Å². The third-order valence-corrected chi connectivity index (χ3v) is 3.86. The normalized spacial score (nSPS) is 19.1. The standard InChI is InChI=1S/C15H19N3O3/c1-10(11-5-6-11)16-14(19)17-12-3-2-4-13(9-12)18-7-8-21-15(18)20/h2-4,9-11H,5-8H2,1H3,(H2,16,17,19). The Hall–Kier alpha value is -2.24. The van der Waals surface area contributed by atoms with Crippen LogP contribution < -0.4 is 15.5 Å². The molecule has 3 amide bonds. The van der Waals surface area contributed by atoms with E-state index < -0.39 is 0 Å². The molecule has 1 aliphatic heterocycles. The average molecular weight is 289 g/mol. The Bertz CT molecular complexity index is 557. The molecule has 1 heterocycles. The van der Waals surface area contributed by atoms with E-state index in [0.717, 1.165) is 5.69 Å². The SMILES string of the molecule is CC(NC(=O)Nc1cccc(N2CCOC2=O)c1)C1CC1. The van der Waals surface area contributed by atoms with Gasteiger partial charge in [-0.05, 0) is 43.9 Å². The fourth-order valence-electron chi connectivity index (χ4n) is 2.47. The van der Waals surface area contributed by atoms with Gasteiger partial charge in [0.05, 0.1) is 6.54 Å². The van der Waals surface area contributed by atoms with Crippen LogP contribution in [-0.4, -0.2) is 31.3 Å². The zero-order valence-corrected chi connectivity index (χ0v) is 12.0. The molecular weight excluding hydrogens is 270 g/mol. The van der Waals surface area contributed by atoms with E-state index in [0.29, 0.717) is 24.8 Å². The van der Waals surface area contributed by atoms with Crippen LogP contribution in [0.2, 0.25) is 0 Å². The van der Waals surface area contributed by atoms with E-state index in [4.69, 9.17) is 4.74 Å². The zero-order chi connectivity index (χ0) is 14.8. The maximum atomic E-state index is 11.9. The van der Waals surface area contributed by atoms with E-state index in [1.54, 1.807) is 23.1 Å². The summed E-state index contributed by atoms with van der Waals surface area (Å²) in [5, 5.41) is 5.74. The van der Waals surface area contributed by atoms with Crippen LogP contribution in [0.1, 0.15) is 19.8 Å². The Balaban J connectivity index is 1.62. The molecule has 2 aliphatic rings. The number of carbonyl (C=O) groups is 2. The molecule has 1 aromatic rings. The van der Waals surface area contributed by atoms with E-state index in [2.05, 4.69) is 10.6 Å². The molecule has 6 nitrogen and oxygen atoms in total. The fraction of sp³-hybridized carbons (Fsp3) is 0.467. The molecule has 112 valence electrons. The van der Waals surface area contributed by atoms with Crippen LogP contribution in [0.5, 0.6) is 0 Å². The van der Waals surface area contributed by atoms with Crippen molar-refractivity contribution in [3.63, 3.8) is 0 Å². The van der Waals surface area contributed by atoms with Crippen LogP contribution in [-0.2, 0) is 4.74 Å². The molecule has 1 saturated carbocycles. The molecule has 2 fully saturated rings. The number of nitrogens with zero attached hydrogens (tertiary/aromatic N) is 1. The third kappa shape index (κ3) is 3.26. The molecule has 1 saturated heterocycles. The minimum Gasteiger partial charge on any atom is -0.447 e. The summed E-state index contributed by atoms with van der Waals surface area (Å²) >= 11 is 0. The smallest absolute Gasteiger partial charge is 0.414 e. The lowest BCUT2D eigenvalue weighted by molar-refractivity contribution is 0.181. The van der Waals surface area contributed by atoms with Gasteiger partial charge in [0.2, 0.25) is 0 Å². The second-order valence-corrected chi connectivity index (χ2v) is 5.54. The number of benzene rings is 1. The number of carbonyl (C=O) groups excluding carboxylic acids is 2. The summed E-state index contributed by atoms with van der Waals surface area (Å²) in [7, 11) is 0. The summed E-state index contributed by atoms with van der Waals surface area (Å²) in [5.41, 5.74) is 1.39. The van der Waals surface area contributed by atoms with Gasteiger partial charge in [0.25, 0.3) is 0 Å². The fourth-order valence-corrected chi connectivity index (χ4v) is 2.47. The van der Waals surface area contributed by atoms with Crippen molar-refractivity contribution in [1.29, 1.82) is 0 Å². The Morgan fingerprint density at radius 2 is 2.24 bits per heavy atom. The number of ether oxygens (including phenoxy) is 1. The molecule has 0 aromatic heterocycles. The minimum absolute atomic E-state index is 0.196. The lowest BCUT2D eigenvalue weighted by Crippen LogP contribution is -2.37. The number of hydrogen-bond acceptors (Lipinski definition) is 3. The van der Waals surface area contributed by atoms with Crippen molar-refractivity contribution in [2.24, 2.45) is 5.92 Å². The predicted octanol–water partition coefficient (Wildman–Crippen LogP) is 2.56. The van der Waals surface area contributed by atoms with Gasteiger partial charge < -0.3 is 15.4 Å². The van der Waals surface area contributed by atoms with E-state index in [9.17, 15) is 9.59 Å². The first-order chi connectivity index (χ1) is 10.1. The highest BCUT2D eigenvalue weighted by Gasteiger charge is 2.29. The second kappa shape index (κ2) is 5.63. The molecule has 1 atom stereocenters. The number of urea groups is 1. The van der Waals surface area contributed by atoms with Crippen LogP contribution in [0, 0.1) is 5.92 Å².